The summed E-state index contributed by atoms with van der Waals surface area (Å²) < 4.78 is 21.6. The number of amides is 1. The first-order valence-corrected chi connectivity index (χ1v) is 7.00. The number of carbonyl (C=O) groups is 1. The van der Waals surface area contributed by atoms with Gasteiger partial charge in [-0.05, 0) is 12.8 Å². The van der Waals surface area contributed by atoms with Gasteiger partial charge < -0.3 is 5.32 Å². The molecule has 0 atom stereocenters. The lowest BCUT2D eigenvalue weighted by Gasteiger charge is -2.20. The lowest BCUT2D eigenvalue weighted by molar-refractivity contribution is -0.125. The summed E-state index contributed by atoms with van der Waals surface area (Å²) in [4.78, 5) is 11.5. The third-order valence-electron chi connectivity index (χ3n) is 2.48. The lowest BCUT2D eigenvalue weighted by atomic mass is 9.89. The molecule has 82 valence electrons. The first-order chi connectivity index (χ1) is 6.49. The van der Waals surface area contributed by atoms with Crippen molar-refractivity contribution in [1.29, 1.82) is 0 Å². The molecule has 0 radical (unpaired) electrons. The van der Waals surface area contributed by atoms with Crippen LogP contribution in [0.15, 0.2) is 0 Å². The summed E-state index contributed by atoms with van der Waals surface area (Å²) in [6.07, 6.45) is 6.27. The van der Waals surface area contributed by atoms with Crippen LogP contribution in [0.3, 0.4) is 0 Å². The normalized spacial score (nSPS) is 19.2. The molecule has 0 saturated heterocycles. The summed E-state index contributed by atoms with van der Waals surface area (Å²) in [6, 6.07) is 0. The van der Waals surface area contributed by atoms with Crippen LogP contribution in [-0.4, -0.2) is 26.5 Å². The largest absolute Gasteiger partial charge is 0.342 e. The Hall–Kier alpha value is -0.580. The molecule has 0 unspecified atom stereocenters. The molecule has 0 aromatic rings. The maximum absolute atomic E-state index is 11.5. The van der Waals surface area contributed by atoms with Crippen molar-refractivity contribution in [1.82, 2.24) is 5.32 Å². The van der Waals surface area contributed by atoms with Gasteiger partial charge >= 0.3 is 0 Å². The predicted octanol–water partition coefficient (Wildman–Crippen LogP) is 0.685. The highest BCUT2D eigenvalue weighted by molar-refractivity contribution is 7.90. The quantitative estimate of drug-likeness (QED) is 0.759. The van der Waals surface area contributed by atoms with E-state index in [2.05, 4.69) is 5.32 Å². The van der Waals surface area contributed by atoms with Crippen LogP contribution in [-0.2, 0) is 14.6 Å². The molecule has 1 fully saturated rings. The molecular formula is C9H17NO3S. The van der Waals surface area contributed by atoms with Crippen molar-refractivity contribution in [2.45, 2.75) is 32.1 Å². The molecule has 1 saturated carbocycles. The van der Waals surface area contributed by atoms with E-state index in [9.17, 15) is 13.2 Å². The van der Waals surface area contributed by atoms with Gasteiger partial charge in [-0.1, -0.05) is 19.3 Å². The number of carbonyl (C=O) groups excluding carboxylic acids is 1. The van der Waals surface area contributed by atoms with Crippen LogP contribution in [0.25, 0.3) is 0 Å². The zero-order valence-corrected chi connectivity index (χ0v) is 9.27. The molecule has 0 bridgehead atoms. The molecule has 1 aliphatic rings. The minimum atomic E-state index is -3.09. The Kier molecular flexibility index (Phi) is 3.92. The minimum Gasteiger partial charge on any atom is -0.342 e. The fourth-order valence-corrected chi connectivity index (χ4v) is 2.12. The number of rotatable bonds is 3. The average Bonchev–Trinajstić information content (AvgIpc) is 2.14. The number of hydrogen-bond donors (Lipinski definition) is 1. The van der Waals surface area contributed by atoms with Gasteiger partial charge in [-0.3, -0.25) is 4.79 Å². The monoisotopic (exact) mass is 219 g/mol. The Labute approximate surface area is 85.0 Å². The third kappa shape index (κ3) is 4.09. The molecule has 1 amide bonds. The molecule has 14 heavy (non-hydrogen) atoms. The van der Waals surface area contributed by atoms with Crippen LogP contribution >= 0.6 is 0 Å². The van der Waals surface area contributed by atoms with Crippen molar-refractivity contribution >= 4 is 15.7 Å². The maximum Gasteiger partial charge on any atom is 0.223 e. The van der Waals surface area contributed by atoms with Crippen molar-refractivity contribution in [2.24, 2.45) is 5.92 Å². The topological polar surface area (TPSA) is 63.2 Å². The highest BCUT2D eigenvalue weighted by Crippen LogP contribution is 2.23. The van der Waals surface area contributed by atoms with E-state index in [4.69, 9.17) is 0 Å². The van der Waals surface area contributed by atoms with E-state index in [1.54, 1.807) is 0 Å². The second-order valence-corrected chi connectivity index (χ2v) is 6.09. The third-order valence-corrected chi connectivity index (χ3v) is 3.15. The van der Waals surface area contributed by atoms with Gasteiger partial charge in [0, 0.05) is 12.2 Å². The van der Waals surface area contributed by atoms with Gasteiger partial charge in [0.25, 0.3) is 0 Å². The number of sulfone groups is 1. The van der Waals surface area contributed by atoms with Gasteiger partial charge in [-0.2, -0.15) is 0 Å². The van der Waals surface area contributed by atoms with Gasteiger partial charge in [0.2, 0.25) is 5.91 Å². The Morgan fingerprint density at radius 2 is 1.86 bits per heavy atom. The smallest absolute Gasteiger partial charge is 0.223 e. The van der Waals surface area contributed by atoms with Crippen molar-refractivity contribution < 1.29 is 13.2 Å². The van der Waals surface area contributed by atoms with E-state index in [0.29, 0.717) is 0 Å². The second kappa shape index (κ2) is 4.77. The molecule has 0 aliphatic heterocycles. The van der Waals surface area contributed by atoms with Gasteiger partial charge in [-0.15, -0.1) is 0 Å². The van der Waals surface area contributed by atoms with E-state index in [0.717, 1.165) is 31.9 Å². The molecule has 0 spiro atoms. The summed E-state index contributed by atoms with van der Waals surface area (Å²) in [6.45, 7) is 0. The van der Waals surface area contributed by atoms with Crippen LogP contribution in [0, 0.1) is 5.92 Å². The van der Waals surface area contributed by atoms with Crippen LogP contribution in [0.1, 0.15) is 32.1 Å². The van der Waals surface area contributed by atoms with Crippen LogP contribution < -0.4 is 5.32 Å². The zero-order chi connectivity index (χ0) is 10.6. The average molecular weight is 219 g/mol. The maximum atomic E-state index is 11.5. The standard InChI is InChI=1S/C9H17NO3S/c1-14(12,13)7-10-9(11)8-5-3-2-4-6-8/h8H,2-7H2,1H3,(H,10,11). The molecule has 1 rings (SSSR count). The molecule has 1 aliphatic carbocycles. The molecule has 5 heteroatoms. The van der Waals surface area contributed by atoms with Crippen molar-refractivity contribution in [2.75, 3.05) is 12.1 Å². The van der Waals surface area contributed by atoms with Gasteiger partial charge in [0.1, 0.15) is 5.88 Å². The van der Waals surface area contributed by atoms with E-state index >= 15 is 0 Å². The van der Waals surface area contributed by atoms with Crippen LogP contribution in [0.4, 0.5) is 0 Å². The summed E-state index contributed by atoms with van der Waals surface area (Å²) in [7, 11) is -3.09. The summed E-state index contributed by atoms with van der Waals surface area (Å²) in [5, 5.41) is 2.47. The molecule has 1 N–H and O–H groups in total. The SMILES string of the molecule is CS(=O)(=O)CNC(=O)C1CCCCC1. The highest BCUT2D eigenvalue weighted by atomic mass is 32.2. The highest BCUT2D eigenvalue weighted by Gasteiger charge is 2.21. The van der Waals surface area contributed by atoms with Crippen LogP contribution in [0.5, 0.6) is 0 Å². The molecular weight excluding hydrogens is 202 g/mol. The molecule has 4 nitrogen and oxygen atoms in total. The van der Waals surface area contributed by atoms with Gasteiger partial charge in [0.15, 0.2) is 9.84 Å². The summed E-state index contributed by atoms with van der Waals surface area (Å²) in [5.41, 5.74) is 0. The summed E-state index contributed by atoms with van der Waals surface area (Å²) >= 11 is 0. The number of nitrogens with one attached hydrogen (secondary N) is 1. The van der Waals surface area contributed by atoms with Crippen molar-refractivity contribution in [3.63, 3.8) is 0 Å². The fraction of sp³-hybridized carbons (Fsp3) is 0.889. The van der Waals surface area contributed by atoms with Gasteiger partial charge in [-0.25, -0.2) is 8.42 Å². The van der Waals surface area contributed by atoms with E-state index in [1.165, 1.54) is 6.42 Å². The zero-order valence-electron chi connectivity index (χ0n) is 8.45. The molecule has 0 aromatic carbocycles. The Morgan fingerprint density at radius 1 is 1.29 bits per heavy atom. The van der Waals surface area contributed by atoms with E-state index < -0.39 is 9.84 Å². The number of hydrogen-bond acceptors (Lipinski definition) is 3. The molecule has 0 heterocycles. The Balaban J connectivity index is 2.34. The summed E-state index contributed by atoms with van der Waals surface area (Å²) in [5.74, 6) is -0.303. The van der Waals surface area contributed by atoms with E-state index in [1.807, 2.05) is 0 Å². The fourth-order valence-electron chi connectivity index (χ4n) is 1.71. The first-order valence-electron chi connectivity index (χ1n) is 4.94. The Morgan fingerprint density at radius 3 is 2.36 bits per heavy atom. The lowest BCUT2D eigenvalue weighted by Crippen LogP contribution is -2.35. The predicted molar refractivity (Wildman–Crippen MR) is 54.4 cm³/mol. The minimum absolute atomic E-state index is 0.0329. The van der Waals surface area contributed by atoms with E-state index in [-0.39, 0.29) is 17.7 Å². The van der Waals surface area contributed by atoms with Crippen LogP contribution in [0.2, 0.25) is 0 Å². The van der Waals surface area contributed by atoms with Gasteiger partial charge in [0.05, 0.1) is 0 Å². The molecule has 0 aromatic heterocycles. The van der Waals surface area contributed by atoms with Crippen molar-refractivity contribution in [3.05, 3.63) is 0 Å². The second-order valence-electron chi connectivity index (χ2n) is 3.95. The Bertz CT molecular complexity index is 291. The van der Waals surface area contributed by atoms with Crippen molar-refractivity contribution in [3.8, 4) is 0 Å². The first kappa shape index (κ1) is 11.5.